The van der Waals surface area contributed by atoms with Crippen molar-refractivity contribution in [3.05, 3.63) is 30.3 Å². The van der Waals surface area contributed by atoms with Crippen LogP contribution in [0.1, 0.15) is 44.9 Å². The van der Waals surface area contributed by atoms with E-state index in [1.54, 1.807) is 12.1 Å². The normalized spacial score (nSPS) is 19.7. The molecule has 1 N–H and O–H groups in total. The highest BCUT2D eigenvalue weighted by molar-refractivity contribution is 7.90. The number of nitrogens with one attached hydrogen (secondary N) is 1. The maximum atomic E-state index is 12.5. The van der Waals surface area contributed by atoms with Gasteiger partial charge in [0.1, 0.15) is 0 Å². The lowest BCUT2D eigenvalue weighted by Gasteiger charge is -2.31. The molecule has 2 saturated heterocycles. The van der Waals surface area contributed by atoms with Crippen molar-refractivity contribution in [3.63, 3.8) is 0 Å². The molecule has 2 fully saturated rings. The van der Waals surface area contributed by atoms with Crippen molar-refractivity contribution in [1.29, 1.82) is 0 Å². The topological polar surface area (TPSA) is 61.9 Å². The van der Waals surface area contributed by atoms with Gasteiger partial charge in [-0.1, -0.05) is 31.0 Å². The molecule has 0 unspecified atom stereocenters. The van der Waals surface area contributed by atoms with Gasteiger partial charge in [0.2, 0.25) is 0 Å². The van der Waals surface area contributed by atoms with E-state index in [2.05, 4.69) is 9.62 Å². The number of rotatable bonds is 11. The van der Waals surface area contributed by atoms with Crippen LogP contribution in [0.3, 0.4) is 0 Å². The van der Waals surface area contributed by atoms with E-state index in [4.69, 9.17) is 4.74 Å². The van der Waals surface area contributed by atoms with Gasteiger partial charge in [-0.3, -0.25) is 4.72 Å². The monoisotopic (exact) mass is 395 g/mol. The molecule has 152 valence electrons. The molecule has 0 radical (unpaired) electrons. The number of benzene rings is 1. The summed E-state index contributed by atoms with van der Waals surface area (Å²) in [4.78, 5) is 2.52. The van der Waals surface area contributed by atoms with E-state index in [0.717, 1.165) is 25.9 Å². The summed E-state index contributed by atoms with van der Waals surface area (Å²) >= 11 is 0. The van der Waals surface area contributed by atoms with Gasteiger partial charge >= 0.3 is 10.2 Å². The lowest BCUT2D eigenvalue weighted by Crippen LogP contribution is -2.43. The van der Waals surface area contributed by atoms with E-state index < -0.39 is 10.2 Å². The number of para-hydroxylation sites is 1. The fourth-order valence-corrected chi connectivity index (χ4v) is 4.86. The second-order valence-corrected chi connectivity index (χ2v) is 9.22. The summed E-state index contributed by atoms with van der Waals surface area (Å²) in [7, 11) is -3.48. The second kappa shape index (κ2) is 10.4. The maximum absolute atomic E-state index is 12.5. The Morgan fingerprint density at radius 3 is 2.33 bits per heavy atom. The zero-order chi connectivity index (χ0) is 19.0. The summed E-state index contributed by atoms with van der Waals surface area (Å²) in [5.41, 5.74) is 0.602. The molecule has 2 aliphatic rings. The number of hydrogen-bond acceptors (Lipinski definition) is 4. The van der Waals surface area contributed by atoms with Crippen molar-refractivity contribution in [2.45, 2.75) is 51.0 Å². The van der Waals surface area contributed by atoms with Gasteiger partial charge < -0.3 is 9.64 Å². The third-order valence-corrected chi connectivity index (χ3v) is 6.97. The maximum Gasteiger partial charge on any atom is 0.301 e. The zero-order valence-corrected chi connectivity index (χ0v) is 17.0. The molecule has 27 heavy (non-hydrogen) atoms. The SMILES string of the molecule is O=S(=O)(Nc1ccccc1)N1CCC(OCCCCCCN2CCC2)CC1. The molecule has 0 spiro atoms. The summed E-state index contributed by atoms with van der Waals surface area (Å²) in [5.74, 6) is 0. The van der Waals surface area contributed by atoms with Gasteiger partial charge in [-0.25, -0.2) is 0 Å². The molecule has 3 rings (SSSR count). The van der Waals surface area contributed by atoms with Gasteiger partial charge in [-0.15, -0.1) is 0 Å². The average Bonchev–Trinajstić information content (AvgIpc) is 2.63. The highest BCUT2D eigenvalue weighted by Crippen LogP contribution is 2.19. The van der Waals surface area contributed by atoms with Crippen molar-refractivity contribution in [2.24, 2.45) is 0 Å². The molecule has 0 aliphatic carbocycles. The Hall–Kier alpha value is -1.15. The minimum atomic E-state index is -3.48. The summed E-state index contributed by atoms with van der Waals surface area (Å²) in [6.07, 6.45) is 8.00. The number of unbranched alkanes of at least 4 members (excludes halogenated alkanes) is 3. The Balaban J connectivity index is 1.26. The fourth-order valence-electron chi connectivity index (χ4n) is 3.61. The van der Waals surface area contributed by atoms with Crippen LogP contribution in [-0.4, -0.2) is 63.1 Å². The lowest BCUT2D eigenvalue weighted by molar-refractivity contribution is 0.0192. The van der Waals surface area contributed by atoms with Crippen LogP contribution < -0.4 is 4.72 Å². The van der Waals surface area contributed by atoms with E-state index >= 15 is 0 Å². The summed E-state index contributed by atoms with van der Waals surface area (Å²) in [6, 6.07) is 9.03. The Labute approximate surface area is 164 Å². The van der Waals surface area contributed by atoms with E-state index in [1.165, 1.54) is 49.6 Å². The molecule has 1 aromatic carbocycles. The molecule has 0 amide bonds. The predicted octanol–water partition coefficient (Wildman–Crippen LogP) is 3.09. The number of nitrogens with zero attached hydrogens (tertiary/aromatic N) is 2. The van der Waals surface area contributed by atoms with Crippen LogP contribution in [0, 0.1) is 0 Å². The molecule has 7 heteroatoms. The van der Waals surface area contributed by atoms with E-state index in [0.29, 0.717) is 18.8 Å². The number of likely N-dealkylation sites (tertiary alicyclic amines) is 1. The second-order valence-electron chi connectivity index (χ2n) is 7.55. The van der Waals surface area contributed by atoms with E-state index in [-0.39, 0.29) is 6.10 Å². The molecule has 1 aromatic rings. The van der Waals surface area contributed by atoms with Crippen LogP contribution in [0.4, 0.5) is 5.69 Å². The minimum Gasteiger partial charge on any atom is -0.378 e. The predicted molar refractivity (Wildman–Crippen MR) is 109 cm³/mol. The first kappa shape index (κ1) is 20.6. The fraction of sp³-hybridized carbons (Fsp3) is 0.700. The molecule has 2 heterocycles. The Morgan fingerprint density at radius 2 is 1.67 bits per heavy atom. The van der Waals surface area contributed by atoms with Gasteiger partial charge in [0.15, 0.2) is 0 Å². The van der Waals surface area contributed by atoms with Crippen LogP contribution in [0.15, 0.2) is 30.3 Å². The van der Waals surface area contributed by atoms with Gasteiger partial charge in [-0.2, -0.15) is 12.7 Å². The minimum absolute atomic E-state index is 0.189. The number of hydrogen-bond donors (Lipinski definition) is 1. The molecule has 0 atom stereocenters. The van der Waals surface area contributed by atoms with Crippen LogP contribution in [0.5, 0.6) is 0 Å². The van der Waals surface area contributed by atoms with E-state index in [9.17, 15) is 8.42 Å². The van der Waals surface area contributed by atoms with Crippen LogP contribution in [0.2, 0.25) is 0 Å². The molecular weight excluding hydrogens is 362 g/mol. The smallest absolute Gasteiger partial charge is 0.301 e. The van der Waals surface area contributed by atoms with Crippen molar-refractivity contribution in [2.75, 3.05) is 44.1 Å². The first-order chi connectivity index (χ1) is 13.1. The molecule has 2 aliphatic heterocycles. The number of piperidine rings is 1. The van der Waals surface area contributed by atoms with Gasteiger partial charge in [0.25, 0.3) is 0 Å². The molecular formula is C20H33N3O3S. The van der Waals surface area contributed by atoms with Gasteiger partial charge in [0.05, 0.1) is 6.10 Å². The highest BCUT2D eigenvalue weighted by atomic mass is 32.2. The standard InChI is InChI=1S/C20H33N3O3S/c24-27(25,21-19-9-4-3-5-10-19)23-16-11-20(12-17-23)26-18-7-2-1-6-13-22-14-8-15-22/h3-5,9-10,20-21H,1-2,6-8,11-18H2. The zero-order valence-electron chi connectivity index (χ0n) is 16.2. The highest BCUT2D eigenvalue weighted by Gasteiger charge is 2.28. The lowest BCUT2D eigenvalue weighted by atomic mass is 10.1. The van der Waals surface area contributed by atoms with Crippen LogP contribution in [-0.2, 0) is 14.9 Å². The largest absolute Gasteiger partial charge is 0.378 e. The summed E-state index contributed by atoms with van der Waals surface area (Å²) in [6.45, 7) is 5.66. The van der Waals surface area contributed by atoms with Crippen LogP contribution >= 0.6 is 0 Å². The average molecular weight is 396 g/mol. The summed E-state index contributed by atoms with van der Waals surface area (Å²) in [5, 5.41) is 0. The van der Waals surface area contributed by atoms with Crippen molar-refractivity contribution in [1.82, 2.24) is 9.21 Å². The molecule has 0 aromatic heterocycles. The Morgan fingerprint density at radius 1 is 0.963 bits per heavy atom. The van der Waals surface area contributed by atoms with Crippen LogP contribution in [0.25, 0.3) is 0 Å². The Bertz CT molecular complexity index is 642. The third kappa shape index (κ3) is 6.75. The quantitative estimate of drug-likeness (QED) is 0.585. The number of ether oxygens (including phenoxy) is 1. The first-order valence-electron chi connectivity index (χ1n) is 10.3. The third-order valence-electron chi connectivity index (χ3n) is 5.43. The first-order valence-corrected chi connectivity index (χ1v) is 11.7. The van der Waals surface area contributed by atoms with Crippen molar-refractivity contribution >= 4 is 15.9 Å². The van der Waals surface area contributed by atoms with Gasteiger partial charge in [-0.05, 0) is 63.9 Å². The van der Waals surface area contributed by atoms with Crippen molar-refractivity contribution < 1.29 is 13.2 Å². The number of anilines is 1. The summed E-state index contributed by atoms with van der Waals surface area (Å²) < 4.78 is 35.1. The van der Waals surface area contributed by atoms with Gasteiger partial charge in [0, 0.05) is 25.4 Å². The molecule has 6 nitrogen and oxygen atoms in total. The van der Waals surface area contributed by atoms with Crippen molar-refractivity contribution in [3.8, 4) is 0 Å². The Kier molecular flexibility index (Phi) is 7.93. The molecule has 0 bridgehead atoms. The molecule has 0 saturated carbocycles. The van der Waals surface area contributed by atoms with E-state index in [1.807, 2.05) is 18.2 Å².